The number of ether oxygens (including phenoxy) is 1. The second kappa shape index (κ2) is 3.37. The van der Waals surface area contributed by atoms with Crippen molar-refractivity contribution in [3.63, 3.8) is 0 Å². The number of nitrogens with zero attached hydrogens (tertiary/aromatic N) is 1. The molecule has 0 bridgehead atoms. The van der Waals surface area contributed by atoms with Crippen LogP contribution in [0.25, 0.3) is 0 Å². The highest BCUT2D eigenvalue weighted by molar-refractivity contribution is 8.00. The van der Waals surface area contributed by atoms with E-state index in [-0.39, 0.29) is 10.5 Å². The molecule has 0 atom stereocenters. The van der Waals surface area contributed by atoms with Crippen LogP contribution in [-0.2, 0) is 10.3 Å². The Hall–Kier alpha value is -1.25. The summed E-state index contributed by atoms with van der Waals surface area (Å²) in [6.45, 7) is 4.10. The maximum absolute atomic E-state index is 10.4. The van der Waals surface area contributed by atoms with E-state index >= 15 is 0 Å². The van der Waals surface area contributed by atoms with Gasteiger partial charge < -0.3 is 4.74 Å². The second-order valence-electron chi connectivity index (χ2n) is 5.00. The van der Waals surface area contributed by atoms with Crippen molar-refractivity contribution in [1.29, 1.82) is 0 Å². The van der Waals surface area contributed by atoms with Crippen LogP contribution in [0.3, 0.4) is 0 Å². The van der Waals surface area contributed by atoms with Gasteiger partial charge in [-0.25, -0.2) is 4.79 Å². The molecule has 4 heteroatoms. The Labute approximate surface area is 104 Å². The minimum atomic E-state index is -0.308. The zero-order valence-corrected chi connectivity index (χ0v) is 10.6. The lowest BCUT2D eigenvalue weighted by atomic mass is 10.1. The van der Waals surface area contributed by atoms with E-state index < -0.39 is 0 Å². The predicted molar refractivity (Wildman–Crippen MR) is 66.0 cm³/mol. The van der Waals surface area contributed by atoms with E-state index in [1.165, 1.54) is 0 Å². The number of benzene rings is 1. The molecule has 1 aromatic carbocycles. The van der Waals surface area contributed by atoms with Crippen molar-refractivity contribution in [1.82, 2.24) is 0 Å². The normalized spacial score (nSPS) is 22.2. The molecule has 3 nitrogen and oxygen atoms in total. The number of hydrogen-bond donors (Lipinski definition) is 0. The monoisotopic (exact) mass is 247 g/mol. The third-order valence-electron chi connectivity index (χ3n) is 3.18. The van der Waals surface area contributed by atoms with Crippen LogP contribution in [-0.4, -0.2) is 11.0 Å². The summed E-state index contributed by atoms with van der Waals surface area (Å²) in [5.41, 5.74) is 0.760. The van der Waals surface area contributed by atoms with Gasteiger partial charge in [0.25, 0.3) is 0 Å². The molecule has 2 aliphatic rings. The maximum Gasteiger partial charge on any atom is 0.235 e. The lowest BCUT2D eigenvalue weighted by Crippen LogP contribution is -2.18. The molecule has 1 heterocycles. The van der Waals surface area contributed by atoms with Crippen LogP contribution in [0.5, 0.6) is 5.75 Å². The van der Waals surface area contributed by atoms with Crippen molar-refractivity contribution in [2.45, 2.75) is 42.1 Å². The van der Waals surface area contributed by atoms with E-state index in [9.17, 15) is 4.79 Å². The highest BCUT2D eigenvalue weighted by Crippen LogP contribution is 2.53. The van der Waals surface area contributed by atoms with Gasteiger partial charge >= 0.3 is 0 Å². The van der Waals surface area contributed by atoms with E-state index in [0.29, 0.717) is 0 Å². The fourth-order valence-electron chi connectivity index (χ4n) is 2.18. The van der Waals surface area contributed by atoms with Gasteiger partial charge in [0, 0.05) is 0 Å². The van der Waals surface area contributed by atoms with Crippen LogP contribution in [0.1, 0.15) is 32.3 Å². The zero-order chi connectivity index (χ0) is 12.1. The summed E-state index contributed by atoms with van der Waals surface area (Å²) in [6, 6.07) is 6.12. The molecule has 1 aromatic rings. The largest absolute Gasteiger partial charge is 0.476 e. The Kier molecular flexibility index (Phi) is 2.16. The minimum Gasteiger partial charge on any atom is -0.476 e. The minimum absolute atomic E-state index is 0.203. The van der Waals surface area contributed by atoms with Crippen LogP contribution in [0.2, 0.25) is 0 Å². The van der Waals surface area contributed by atoms with Crippen molar-refractivity contribution < 1.29 is 9.53 Å². The lowest BCUT2D eigenvalue weighted by molar-refractivity contribution is 0.214. The third kappa shape index (κ3) is 1.78. The highest BCUT2D eigenvalue weighted by Gasteiger charge is 2.45. The van der Waals surface area contributed by atoms with Gasteiger partial charge in [0.2, 0.25) is 6.08 Å². The van der Waals surface area contributed by atoms with Crippen molar-refractivity contribution >= 4 is 17.8 Å². The average Bonchev–Trinajstić information content (AvgIpc) is 2.94. The Bertz CT molecular complexity index is 528. The van der Waals surface area contributed by atoms with Crippen molar-refractivity contribution in [2.75, 3.05) is 0 Å². The first-order valence-electron chi connectivity index (χ1n) is 5.66. The molecule has 1 saturated carbocycles. The molecule has 0 amide bonds. The number of isocyanates is 1. The Morgan fingerprint density at radius 3 is 2.82 bits per heavy atom. The SMILES string of the molecule is CC1(C)Oc2cc(C3(N=C=O)CC3)ccc2S1. The van der Waals surface area contributed by atoms with Gasteiger partial charge in [0.15, 0.2) is 4.93 Å². The molecule has 17 heavy (non-hydrogen) atoms. The molecular weight excluding hydrogens is 234 g/mol. The topological polar surface area (TPSA) is 38.7 Å². The van der Waals surface area contributed by atoms with Crippen molar-refractivity contribution in [3.8, 4) is 5.75 Å². The highest BCUT2D eigenvalue weighted by atomic mass is 32.2. The number of rotatable bonds is 2. The van der Waals surface area contributed by atoms with Gasteiger partial charge in [-0.1, -0.05) is 17.8 Å². The third-order valence-corrected chi connectivity index (χ3v) is 4.31. The van der Waals surface area contributed by atoms with E-state index in [1.807, 2.05) is 26.0 Å². The molecule has 0 unspecified atom stereocenters. The summed E-state index contributed by atoms with van der Waals surface area (Å²) in [6.07, 6.45) is 3.54. The summed E-state index contributed by atoms with van der Waals surface area (Å²) in [5.74, 6) is 0.907. The van der Waals surface area contributed by atoms with E-state index in [4.69, 9.17) is 4.74 Å². The number of carbonyl (C=O) groups excluding carboxylic acids is 1. The van der Waals surface area contributed by atoms with Gasteiger partial charge in [-0.05, 0) is 44.4 Å². The Morgan fingerprint density at radius 2 is 2.18 bits per heavy atom. The standard InChI is InChI=1S/C13H13NO2S/c1-12(2)16-10-7-9(3-4-11(10)17-12)13(5-6-13)14-8-15/h3-4,7H,5-6H2,1-2H3. The average molecular weight is 247 g/mol. The number of thioether (sulfide) groups is 1. The van der Waals surface area contributed by atoms with Crippen LogP contribution in [0.15, 0.2) is 28.1 Å². The Morgan fingerprint density at radius 1 is 1.41 bits per heavy atom. The first-order chi connectivity index (χ1) is 8.05. The fourth-order valence-corrected chi connectivity index (χ4v) is 3.18. The molecular formula is C13H13NO2S. The van der Waals surface area contributed by atoms with Crippen LogP contribution in [0, 0.1) is 0 Å². The second-order valence-corrected chi connectivity index (χ2v) is 6.63. The molecule has 0 N–H and O–H groups in total. The zero-order valence-electron chi connectivity index (χ0n) is 9.82. The first-order valence-corrected chi connectivity index (χ1v) is 6.48. The van der Waals surface area contributed by atoms with Crippen LogP contribution >= 0.6 is 11.8 Å². The summed E-state index contributed by atoms with van der Waals surface area (Å²) in [5, 5.41) is 0. The number of hydrogen-bond acceptors (Lipinski definition) is 4. The van der Waals surface area contributed by atoms with Crippen molar-refractivity contribution in [3.05, 3.63) is 23.8 Å². The fraction of sp³-hybridized carbons (Fsp3) is 0.462. The summed E-state index contributed by atoms with van der Waals surface area (Å²) in [4.78, 5) is 15.3. The smallest absolute Gasteiger partial charge is 0.235 e. The van der Waals surface area contributed by atoms with E-state index in [2.05, 4.69) is 11.1 Å². The van der Waals surface area contributed by atoms with Gasteiger partial charge in [-0.2, -0.15) is 4.99 Å². The van der Waals surface area contributed by atoms with Gasteiger partial charge in [-0.3, -0.25) is 0 Å². The molecule has 1 aliphatic heterocycles. The lowest BCUT2D eigenvalue weighted by Gasteiger charge is -2.15. The first kappa shape index (κ1) is 10.9. The van der Waals surface area contributed by atoms with Crippen LogP contribution in [0.4, 0.5) is 0 Å². The van der Waals surface area contributed by atoms with Crippen molar-refractivity contribution in [2.24, 2.45) is 4.99 Å². The van der Waals surface area contributed by atoms with Crippen LogP contribution < -0.4 is 4.74 Å². The van der Waals surface area contributed by atoms with E-state index in [1.54, 1.807) is 17.8 Å². The molecule has 88 valence electrons. The van der Waals surface area contributed by atoms with Gasteiger partial charge in [-0.15, -0.1) is 0 Å². The molecule has 0 radical (unpaired) electrons. The molecule has 1 aliphatic carbocycles. The molecule has 0 aromatic heterocycles. The Balaban J connectivity index is 1.99. The predicted octanol–water partition coefficient (Wildman–Crippen LogP) is 3.23. The molecule has 3 rings (SSSR count). The summed E-state index contributed by atoms with van der Waals surface area (Å²) >= 11 is 1.72. The van der Waals surface area contributed by atoms with Gasteiger partial charge in [0.1, 0.15) is 5.75 Å². The molecule has 0 saturated heterocycles. The maximum atomic E-state index is 10.4. The molecule has 1 fully saturated rings. The quantitative estimate of drug-likeness (QED) is 0.595. The number of fused-ring (bicyclic) bond motifs is 1. The summed E-state index contributed by atoms with van der Waals surface area (Å²) in [7, 11) is 0. The summed E-state index contributed by atoms with van der Waals surface area (Å²) < 4.78 is 5.86. The van der Waals surface area contributed by atoms with E-state index in [0.717, 1.165) is 29.1 Å². The number of aliphatic imine (C=N–C) groups is 1. The molecule has 0 spiro atoms. The van der Waals surface area contributed by atoms with Gasteiger partial charge in [0.05, 0.1) is 10.4 Å².